The maximum absolute atomic E-state index is 12.1. The van der Waals surface area contributed by atoms with E-state index in [1.165, 1.54) is 11.3 Å². The number of ether oxygens (including phenoxy) is 1. The van der Waals surface area contributed by atoms with Crippen LogP contribution in [0.2, 0.25) is 0 Å². The largest absolute Gasteiger partial charge is 0.490 e. The van der Waals surface area contributed by atoms with Crippen LogP contribution < -0.4 is 10.1 Å². The molecule has 1 heterocycles. The normalized spacial score (nSPS) is 10.2. The highest BCUT2D eigenvalue weighted by molar-refractivity contribution is 7.14. The molecular formula is C18H19N3O2S. The lowest BCUT2D eigenvalue weighted by atomic mass is 10.2. The van der Waals surface area contributed by atoms with Crippen molar-refractivity contribution < 1.29 is 9.53 Å². The van der Waals surface area contributed by atoms with E-state index in [0.717, 1.165) is 11.3 Å². The lowest BCUT2D eigenvalue weighted by Gasteiger charge is -2.16. The van der Waals surface area contributed by atoms with Crippen molar-refractivity contribution in [2.45, 2.75) is 6.54 Å². The van der Waals surface area contributed by atoms with Crippen LogP contribution in [0.3, 0.4) is 0 Å². The first-order valence-electron chi connectivity index (χ1n) is 7.41. The summed E-state index contributed by atoms with van der Waals surface area (Å²) in [7, 11) is 1.88. The van der Waals surface area contributed by atoms with Crippen LogP contribution in [0.1, 0.15) is 11.1 Å². The molecule has 2 aromatic rings. The first-order valence-corrected chi connectivity index (χ1v) is 8.29. The molecule has 0 aliphatic rings. The number of nitrogens with zero attached hydrogens (tertiary/aromatic N) is 2. The van der Waals surface area contributed by atoms with E-state index in [4.69, 9.17) is 10.00 Å². The molecule has 5 nitrogen and oxygen atoms in total. The molecule has 0 fully saturated rings. The fraction of sp³-hybridized carbons (Fsp3) is 0.222. The van der Waals surface area contributed by atoms with E-state index < -0.39 is 0 Å². The van der Waals surface area contributed by atoms with E-state index in [9.17, 15) is 4.79 Å². The zero-order chi connectivity index (χ0) is 17.4. The van der Waals surface area contributed by atoms with Crippen molar-refractivity contribution in [1.82, 2.24) is 4.90 Å². The molecule has 1 N–H and O–H groups in total. The van der Waals surface area contributed by atoms with Crippen molar-refractivity contribution in [3.63, 3.8) is 0 Å². The summed E-state index contributed by atoms with van der Waals surface area (Å²) in [6.07, 6.45) is 1.70. The summed E-state index contributed by atoms with van der Waals surface area (Å²) in [5.41, 5.74) is 1.58. The highest BCUT2D eigenvalue weighted by Crippen LogP contribution is 2.22. The SMILES string of the molecule is C=CCOc1ccc(CN(C)CC(=O)Nc2sccc2C#N)cc1. The number of rotatable bonds is 8. The lowest BCUT2D eigenvalue weighted by Crippen LogP contribution is -2.29. The van der Waals surface area contributed by atoms with E-state index in [-0.39, 0.29) is 12.5 Å². The summed E-state index contributed by atoms with van der Waals surface area (Å²) in [5, 5.41) is 14.1. The Balaban J connectivity index is 1.84. The van der Waals surface area contributed by atoms with Gasteiger partial charge in [-0.15, -0.1) is 11.3 Å². The predicted molar refractivity (Wildman–Crippen MR) is 96.1 cm³/mol. The average molecular weight is 341 g/mol. The van der Waals surface area contributed by atoms with Crippen LogP contribution in [0.25, 0.3) is 0 Å². The topological polar surface area (TPSA) is 65.4 Å². The van der Waals surface area contributed by atoms with Gasteiger partial charge in [-0.3, -0.25) is 9.69 Å². The molecule has 0 aliphatic carbocycles. The van der Waals surface area contributed by atoms with Gasteiger partial charge in [0.15, 0.2) is 0 Å². The zero-order valence-corrected chi connectivity index (χ0v) is 14.3. The summed E-state index contributed by atoms with van der Waals surface area (Å²) in [5.74, 6) is 0.656. The van der Waals surface area contributed by atoms with Crippen molar-refractivity contribution in [2.75, 3.05) is 25.5 Å². The molecule has 0 atom stereocenters. The molecule has 0 saturated heterocycles. The Hall–Kier alpha value is -2.62. The van der Waals surface area contributed by atoms with Gasteiger partial charge in [-0.05, 0) is 36.2 Å². The predicted octanol–water partition coefficient (Wildman–Crippen LogP) is 3.26. The first kappa shape index (κ1) is 17.7. The standard InChI is InChI=1S/C18H19N3O2S/c1-3-9-23-16-6-4-14(5-7-16)12-21(2)13-17(22)20-18-15(11-19)8-10-24-18/h3-8,10H,1,9,12-13H2,2H3,(H,20,22). The molecule has 0 radical (unpaired) electrons. The van der Waals surface area contributed by atoms with Crippen LogP contribution in [0.5, 0.6) is 5.75 Å². The van der Waals surface area contributed by atoms with E-state index in [0.29, 0.717) is 23.7 Å². The second-order valence-corrected chi connectivity index (χ2v) is 6.16. The molecule has 24 heavy (non-hydrogen) atoms. The number of thiophene rings is 1. The number of nitrogens with one attached hydrogen (secondary N) is 1. The summed E-state index contributed by atoms with van der Waals surface area (Å²) < 4.78 is 5.44. The van der Waals surface area contributed by atoms with Crippen LogP contribution >= 0.6 is 11.3 Å². The average Bonchev–Trinajstić information content (AvgIpc) is 3.01. The highest BCUT2D eigenvalue weighted by atomic mass is 32.1. The van der Waals surface area contributed by atoms with Gasteiger partial charge in [0, 0.05) is 6.54 Å². The maximum atomic E-state index is 12.1. The molecule has 2 rings (SSSR count). The number of hydrogen-bond acceptors (Lipinski definition) is 5. The minimum absolute atomic E-state index is 0.137. The summed E-state index contributed by atoms with van der Waals surface area (Å²) >= 11 is 1.35. The van der Waals surface area contributed by atoms with E-state index >= 15 is 0 Å². The third kappa shape index (κ3) is 5.23. The van der Waals surface area contributed by atoms with Crippen LogP contribution in [0, 0.1) is 11.3 Å². The van der Waals surface area contributed by atoms with Crippen molar-refractivity contribution in [1.29, 1.82) is 5.26 Å². The van der Waals surface area contributed by atoms with E-state index in [1.54, 1.807) is 17.5 Å². The van der Waals surface area contributed by atoms with E-state index in [1.807, 2.05) is 36.2 Å². The fourth-order valence-electron chi connectivity index (χ4n) is 2.12. The van der Waals surface area contributed by atoms with Gasteiger partial charge in [-0.25, -0.2) is 0 Å². The van der Waals surface area contributed by atoms with Gasteiger partial charge in [-0.2, -0.15) is 5.26 Å². The molecule has 0 aliphatic heterocycles. The molecule has 0 bridgehead atoms. The quantitative estimate of drug-likeness (QED) is 0.749. The van der Waals surface area contributed by atoms with Crippen LogP contribution in [0.15, 0.2) is 48.4 Å². The lowest BCUT2D eigenvalue weighted by molar-refractivity contribution is -0.117. The second-order valence-electron chi connectivity index (χ2n) is 5.24. The molecule has 0 saturated carbocycles. The Labute approximate surface area is 145 Å². The number of carbonyl (C=O) groups excluding carboxylic acids is 1. The van der Waals surface area contributed by atoms with Gasteiger partial charge in [-0.1, -0.05) is 24.8 Å². The number of carbonyl (C=O) groups is 1. The number of nitriles is 1. The Morgan fingerprint density at radius 3 is 2.83 bits per heavy atom. The number of hydrogen-bond donors (Lipinski definition) is 1. The number of likely N-dealkylation sites (N-methyl/N-ethyl adjacent to an activating group) is 1. The number of benzene rings is 1. The molecule has 1 amide bonds. The smallest absolute Gasteiger partial charge is 0.239 e. The van der Waals surface area contributed by atoms with Crippen molar-refractivity contribution >= 4 is 22.2 Å². The van der Waals surface area contributed by atoms with Crippen molar-refractivity contribution in [2.24, 2.45) is 0 Å². The van der Waals surface area contributed by atoms with Gasteiger partial charge in [0.1, 0.15) is 23.4 Å². The fourth-order valence-corrected chi connectivity index (χ4v) is 2.87. The zero-order valence-electron chi connectivity index (χ0n) is 13.5. The monoisotopic (exact) mass is 341 g/mol. The summed E-state index contributed by atoms with van der Waals surface area (Å²) in [6.45, 7) is 4.98. The van der Waals surface area contributed by atoms with Crippen molar-refractivity contribution in [3.8, 4) is 11.8 Å². The van der Waals surface area contributed by atoms with Crippen LogP contribution in [-0.2, 0) is 11.3 Å². The summed E-state index contributed by atoms with van der Waals surface area (Å²) in [4.78, 5) is 14.0. The Morgan fingerprint density at radius 2 is 2.17 bits per heavy atom. The third-order valence-corrected chi connectivity index (χ3v) is 4.03. The minimum atomic E-state index is -0.137. The first-order chi connectivity index (χ1) is 11.6. The van der Waals surface area contributed by atoms with Gasteiger partial charge < -0.3 is 10.1 Å². The molecule has 6 heteroatoms. The molecule has 1 aromatic heterocycles. The summed E-state index contributed by atoms with van der Waals surface area (Å²) in [6, 6.07) is 11.5. The molecule has 124 valence electrons. The second kappa shape index (κ2) is 8.87. The minimum Gasteiger partial charge on any atom is -0.490 e. The van der Waals surface area contributed by atoms with Crippen LogP contribution in [-0.4, -0.2) is 31.0 Å². The van der Waals surface area contributed by atoms with Gasteiger partial charge in [0.2, 0.25) is 5.91 Å². The van der Waals surface area contributed by atoms with Crippen LogP contribution in [0.4, 0.5) is 5.00 Å². The molecular weight excluding hydrogens is 322 g/mol. The molecule has 1 aromatic carbocycles. The number of amides is 1. The Kier molecular flexibility index (Phi) is 6.55. The van der Waals surface area contributed by atoms with E-state index in [2.05, 4.69) is 18.0 Å². The van der Waals surface area contributed by atoms with Gasteiger partial charge in [0.05, 0.1) is 12.1 Å². The Bertz CT molecular complexity index is 731. The third-order valence-electron chi connectivity index (χ3n) is 3.20. The molecule has 0 spiro atoms. The van der Waals surface area contributed by atoms with Gasteiger partial charge in [0.25, 0.3) is 0 Å². The van der Waals surface area contributed by atoms with Gasteiger partial charge >= 0.3 is 0 Å². The Morgan fingerprint density at radius 1 is 1.42 bits per heavy atom. The molecule has 0 unspecified atom stereocenters. The van der Waals surface area contributed by atoms with Crippen molar-refractivity contribution in [3.05, 3.63) is 59.5 Å². The maximum Gasteiger partial charge on any atom is 0.239 e. The number of anilines is 1. The highest BCUT2D eigenvalue weighted by Gasteiger charge is 2.11.